The lowest BCUT2D eigenvalue weighted by Gasteiger charge is -2.03. The first-order valence-electron chi connectivity index (χ1n) is 4.46. The third-order valence-electron chi connectivity index (χ3n) is 2.14. The van der Waals surface area contributed by atoms with Crippen LogP contribution in [0, 0.1) is 11.3 Å². The molecule has 0 spiro atoms. The summed E-state index contributed by atoms with van der Waals surface area (Å²) in [6, 6.07) is 5.92. The van der Waals surface area contributed by atoms with E-state index in [1.54, 1.807) is 0 Å². The van der Waals surface area contributed by atoms with Gasteiger partial charge in [-0.1, -0.05) is 6.92 Å². The molecule has 2 heterocycles. The molecular formula is C10H9BrN3P. The largest absolute Gasteiger partial charge is 0.301 e. The summed E-state index contributed by atoms with van der Waals surface area (Å²) in [7, 11) is 2.69. The number of halogens is 1. The Bertz CT molecular complexity index is 554. The lowest BCUT2D eigenvalue weighted by atomic mass is 10.3. The molecule has 0 aromatic carbocycles. The summed E-state index contributed by atoms with van der Waals surface area (Å²) in [6.07, 6.45) is 1.93. The van der Waals surface area contributed by atoms with Crippen molar-refractivity contribution in [1.29, 1.82) is 5.26 Å². The standard InChI is InChI=1S/C10H9BrN3P/c1-6(15)10-13-8(4-12)9-3-2-7(11)5-14(9)10/h2-3,5-6H,15H2,1H3. The molecule has 76 valence electrons. The van der Waals surface area contributed by atoms with Crippen LogP contribution in [0.15, 0.2) is 22.8 Å². The molecule has 2 unspecified atom stereocenters. The van der Waals surface area contributed by atoms with Gasteiger partial charge in [0.05, 0.1) is 5.52 Å². The summed E-state index contributed by atoms with van der Waals surface area (Å²) in [5.74, 6) is 0.882. The second-order valence-electron chi connectivity index (χ2n) is 3.32. The molecule has 5 heteroatoms. The van der Waals surface area contributed by atoms with Gasteiger partial charge in [-0.15, -0.1) is 9.24 Å². The van der Waals surface area contributed by atoms with Crippen LogP contribution in [0.4, 0.5) is 0 Å². The Labute approximate surface area is 98.5 Å². The Morgan fingerprint density at radius 2 is 2.33 bits per heavy atom. The molecule has 0 amide bonds. The molecule has 0 saturated heterocycles. The first-order valence-corrected chi connectivity index (χ1v) is 5.92. The molecule has 0 saturated carbocycles. The van der Waals surface area contributed by atoms with E-state index in [1.807, 2.05) is 29.7 Å². The summed E-state index contributed by atoms with van der Waals surface area (Å²) in [5.41, 5.74) is 1.55. The van der Waals surface area contributed by atoms with E-state index in [0.717, 1.165) is 15.8 Å². The van der Waals surface area contributed by atoms with Crippen molar-refractivity contribution in [3.63, 3.8) is 0 Å². The molecule has 3 nitrogen and oxygen atoms in total. The zero-order valence-electron chi connectivity index (χ0n) is 8.11. The zero-order valence-corrected chi connectivity index (χ0v) is 10.8. The summed E-state index contributed by atoms with van der Waals surface area (Å²) < 4.78 is 2.92. The van der Waals surface area contributed by atoms with Gasteiger partial charge < -0.3 is 4.40 Å². The van der Waals surface area contributed by atoms with Crippen molar-refractivity contribution in [1.82, 2.24) is 9.38 Å². The highest BCUT2D eigenvalue weighted by Crippen LogP contribution is 2.25. The van der Waals surface area contributed by atoms with E-state index in [0.29, 0.717) is 5.69 Å². The van der Waals surface area contributed by atoms with Gasteiger partial charge in [-0.3, -0.25) is 0 Å². The average Bonchev–Trinajstić information content (AvgIpc) is 2.55. The molecular weight excluding hydrogens is 273 g/mol. The van der Waals surface area contributed by atoms with Gasteiger partial charge >= 0.3 is 0 Å². The fraction of sp³-hybridized carbons (Fsp3) is 0.200. The maximum Gasteiger partial charge on any atom is 0.166 e. The highest BCUT2D eigenvalue weighted by Gasteiger charge is 2.13. The second kappa shape index (κ2) is 3.92. The summed E-state index contributed by atoms with van der Waals surface area (Å²) >= 11 is 3.41. The molecule has 2 rings (SSSR count). The number of pyridine rings is 1. The van der Waals surface area contributed by atoms with Crippen LogP contribution >= 0.6 is 25.2 Å². The van der Waals surface area contributed by atoms with Crippen molar-refractivity contribution in [2.24, 2.45) is 0 Å². The number of hydrogen-bond acceptors (Lipinski definition) is 2. The third kappa shape index (κ3) is 1.78. The number of nitrogens with zero attached hydrogens (tertiary/aromatic N) is 3. The minimum Gasteiger partial charge on any atom is -0.301 e. The second-order valence-corrected chi connectivity index (χ2v) is 5.24. The SMILES string of the molecule is CC(P)c1nc(C#N)c2ccc(Br)cn12. The van der Waals surface area contributed by atoms with Gasteiger partial charge in [0.25, 0.3) is 0 Å². The smallest absolute Gasteiger partial charge is 0.166 e. The summed E-state index contributed by atoms with van der Waals surface area (Å²) in [6.45, 7) is 2.03. The third-order valence-corrected chi connectivity index (χ3v) is 2.91. The lowest BCUT2D eigenvalue weighted by molar-refractivity contribution is 0.911. The van der Waals surface area contributed by atoms with Gasteiger partial charge in [-0.2, -0.15) is 5.26 Å². The molecule has 2 atom stereocenters. The Morgan fingerprint density at radius 3 is 2.93 bits per heavy atom. The Kier molecular flexibility index (Phi) is 2.77. The van der Waals surface area contributed by atoms with Crippen LogP contribution in [0.1, 0.15) is 24.1 Å². The predicted molar refractivity (Wildman–Crippen MR) is 65.7 cm³/mol. The van der Waals surface area contributed by atoms with Gasteiger partial charge in [0, 0.05) is 16.3 Å². The average molecular weight is 282 g/mol. The van der Waals surface area contributed by atoms with Crippen LogP contribution in [0.2, 0.25) is 0 Å². The fourth-order valence-corrected chi connectivity index (χ4v) is 2.06. The Hall–Kier alpha value is -0.910. The van der Waals surface area contributed by atoms with Crippen LogP contribution in [0.25, 0.3) is 5.52 Å². The van der Waals surface area contributed by atoms with Crippen LogP contribution < -0.4 is 0 Å². The number of rotatable bonds is 1. The molecule has 0 fully saturated rings. The van der Waals surface area contributed by atoms with E-state index in [2.05, 4.69) is 36.2 Å². The predicted octanol–water partition coefficient (Wildman–Crippen LogP) is 2.90. The minimum absolute atomic E-state index is 0.217. The maximum atomic E-state index is 8.96. The van der Waals surface area contributed by atoms with Gasteiger partial charge in [-0.05, 0) is 28.1 Å². The molecule has 0 aliphatic carbocycles. The summed E-state index contributed by atoms with van der Waals surface area (Å²) in [5, 5.41) is 8.96. The van der Waals surface area contributed by atoms with E-state index in [9.17, 15) is 0 Å². The van der Waals surface area contributed by atoms with E-state index in [4.69, 9.17) is 5.26 Å². The van der Waals surface area contributed by atoms with Gasteiger partial charge in [0.1, 0.15) is 11.9 Å². The topological polar surface area (TPSA) is 41.1 Å². The Balaban J connectivity index is 2.83. The number of aromatic nitrogens is 2. The molecule has 2 aromatic heterocycles. The molecule has 0 bridgehead atoms. The quantitative estimate of drug-likeness (QED) is 0.754. The molecule has 15 heavy (non-hydrogen) atoms. The van der Waals surface area contributed by atoms with Crippen molar-refractivity contribution in [2.45, 2.75) is 12.6 Å². The van der Waals surface area contributed by atoms with Crippen molar-refractivity contribution >= 4 is 30.7 Å². The lowest BCUT2D eigenvalue weighted by Crippen LogP contribution is -1.93. The van der Waals surface area contributed by atoms with Crippen LogP contribution in [0.5, 0.6) is 0 Å². The van der Waals surface area contributed by atoms with Gasteiger partial charge in [-0.25, -0.2) is 4.98 Å². The number of fused-ring (bicyclic) bond motifs is 1. The van der Waals surface area contributed by atoms with Crippen molar-refractivity contribution in [3.05, 3.63) is 34.3 Å². The monoisotopic (exact) mass is 281 g/mol. The van der Waals surface area contributed by atoms with E-state index in [-0.39, 0.29) is 5.66 Å². The number of imidazole rings is 1. The molecule has 0 radical (unpaired) electrons. The van der Waals surface area contributed by atoms with Gasteiger partial charge in [0.15, 0.2) is 5.69 Å². The van der Waals surface area contributed by atoms with Crippen molar-refractivity contribution < 1.29 is 0 Å². The molecule has 0 aliphatic rings. The van der Waals surface area contributed by atoms with Crippen LogP contribution in [0.3, 0.4) is 0 Å². The van der Waals surface area contributed by atoms with E-state index >= 15 is 0 Å². The Morgan fingerprint density at radius 1 is 1.60 bits per heavy atom. The highest BCUT2D eigenvalue weighted by molar-refractivity contribution is 9.10. The maximum absolute atomic E-state index is 8.96. The van der Waals surface area contributed by atoms with E-state index in [1.165, 1.54) is 0 Å². The van der Waals surface area contributed by atoms with E-state index < -0.39 is 0 Å². The molecule has 2 aromatic rings. The minimum atomic E-state index is 0.217. The van der Waals surface area contributed by atoms with Crippen LogP contribution in [-0.4, -0.2) is 9.38 Å². The van der Waals surface area contributed by atoms with Crippen LogP contribution in [-0.2, 0) is 0 Å². The highest BCUT2D eigenvalue weighted by atomic mass is 79.9. The van der Waals surface area contributed by atoms with Crippen molar-refractivity contribution in [3.8, 4) is 6.07 Å². The first-order chi connectivity index (χ1) is 7.13. The number of hydrogen-bond donors (Lipinski definition) is 0. The molecule has 0 aliphatic heterocycles. The zero-order chi connectivity index (χ0) is 11.0. The first kappa shape index (κ1) is 10.6. The normalized spacial score (nSPS) is 12.7. The summed E-state index contributed by atoms with van der Waals surface area (Å²) in [4.78, 5) is 4.31. The number of nitriles is 1. The molecule has 0 N–H and O–H groups in total. The fourth-order valence-electron chi connectivity index (χ4n) is 1.49. The van der Waals surface area contributed by atoms with Gasteiger partial charge in [0.2, 0.25) is 0 Å². The van der Waals surface area contributed by atoms with Crippen molar-refractivity contribution in [2.75, 3.05) is 0 Å².